The van der Waals surface area contributed by atoms with Crippen molar-refractivity contribution in [2.45, 2.75) is 25.8 Å². The summed E-state index contributed by atoms with van der Waals surface area (Å²) in [6, 6.07) is 6.32. The number of benzene rings is 1. The van der Waals surface area contributed by atoms with Crippen molar-refractivity contribution in [3.63, 3.8) is 0 Å². The molecule has 0 spiro atoms. The second kappa shape index (κ2) is 5.63. The molecule has 2 aliphatic heterocycles. The van der Waals surface area contributed by atoms with Gasteiger partial charge in [-0.05, 0) is 49.5 Å². The minimum Gasteiger partial charge on any atom is -0.338 e. The molecular weight excluding hydrogens is 304 g/mol. The van der Waals surface area contributed by atoms with Gasteiger partial charge in [-0.15, -0.1) is 0 Å². The molecular formula is C15H19BrN2O. The summed E-state index contributed by atoms with van der Waals surface area (Å²) in [6.45, 7) is 3.58. The SMILES string of the molecule is O=C(C1CCNCC1)N1CCc2cccc(Br)c2C1. The van der Waals surface area contributed by atoms with Crippen LogP contribution in [0.3, 0.4) is 0 Å². The Bertz CT molecular complexity index is 483. The number of nitrogens with zero attached hydrogens (tertiary/aromatic N) is 1. The third kappa shape index (κ3) is 2.70. The van der Waals surface area contributed by atoms with Crippen molar-refractivity contribution in [1.29, 1.82) is 0 Å². The lowest BCUT2D eigenvalue weighted by atomic mass is 9.94. The second-order valence-corrected chi connectivity index (χ2v) is 6.27. The number of carbonyl (C=O) groups excluding carboxylic acids is 1. The van der Waals surface area contributed by atoms with E-state index in [2.05, 4.69) is 39.4 Å². The van der Waals surface area contributed by atoms with E-state index >= 15 is 0 Å². The summed E-state index contributed by atoms with van der Waals surface area (Å²) in [5.41, 5.74) is 2.67. The molecule has 1 amide bonds. The first-order valence-corrected chi connectivity index (χ1v) is 7.81. The van der Waals surface area contributed by atoms with Crippen LogP contribution in [0.15, 0.2) is 22.7 Å². The predicted octanol–water partition coefficient (Wildman–Crippen LogP) is 2.33. The fourth-order valence-corrected chi connectivity index (χ4v) is 3.59. The molecule has 1 fully saturated rings. The third-order valence-corrected chi connectivity index (χ3v) is 4.96. The molecule has 2 heterocycles. The van der Waals surface area contributed by atoms with Crippen LogP contribution in [0.25, 0.3) is 0 Å². The maximum atomic E-state index is 12.6. The first kappa shape index (κ1) is 13.1. The van der Waals surface area contributed by atoms with E-state index in [-0.39, 0.29) is 5.92 Å². The summed E-state index contributed by atoms with van der Waals surface area (Å²) >= 11 is 3.61. The Balaban J connectivity index is 1.74. The van der Waals surface area contributed by atoms with Gasteiger partial charge < -0.3 is 10.2 Å². The maximum absolute atomic E-state index is 12.6. The molecule has 0 radical (unpaired) electrons. The van der Waals surface area contributed by atoms with E-state index in [0.29, 0.717) is 5.91 Å². The number of hydrogen-bond acceptors (Lipinski definition) is 2. The van der Waals surface area contributed by atoms with Gasteiger partial charge in [0.2, 0.25) is 5.91 Å². The van der Waals surface area contributed by atoms with Crippen LogP contribution in [-0.4, -0.2) is 30.4 Å². The summed E-state index contributed by atoms with van der Waals surface area (Å²) in [7, 11) is 0. The number of amides is 1. The van der Waals surface area contributed by atoms with Crippen LogP contribution in [0, 0.1) is 5.92 Å². The molecule has 0 aromatic heterocycles. The van der Waals surface area contributed by atoms with Gasteiger partial charge in [0.25, 0.3) is 0 Å². The van der Waals surface area contributed by atoms with E-state index in [9.17, 15) is 4.79 Å². The number of carbonyl (C=O) groups is 1. The molecule has 102 valence electrons. The Labute approximate surface area is 122 Å². The van der Waals surface area contributed by atoms with Crippen LogP contribution >= 0.6 is 15.9 Å². The number of rotatable bonds is 1. The molecule has 1 saturated heterocycles. The molecule has 3 nitrogen and oxygen atoms in total. The average molecular weight is 323 g/mol. The lowest BCUT2D eigenvalue weighted by molar-refractivity contribution is -0.137. The molecule has 1 aromatic carbocycles. The molecule has 0 unspecified atom stereocenters. The van der Waals surface area contributed by atoms with Crippen molar-refractivity contribution in [1.82, 2.24) is 10.2 Å². The van der Waals surface area contributed by atoms with Crippen molar-refractivity contribution in [3.05, 3.63) is 33.8 Å². The van der Waals surface area contributed by atoms with Gasteiger partial charge >= 0.3 is 0 Å². The number of piperidine rings is 1. The van der Waals surface area contributed by atoms with Gasteiger partial charge in [0, 0.05) is 23.5 Å². The van der Waals surface area contributed by atoms with Crippen LogP contribution in [0.1, 0.15) is 24.0 Å². The molecule has 4 heteroatoms. The Morgan fingerprint density at radius 3 is 2.89 bits per heavy atom. The van der Waals surface area contributed by atoms with E-state index in [1.165, 1.54) is 11.1 Å². The molecule has 3 rings (SSSR count). The summed E-state index contributed by atoms with van der Waals surface area (Å²) in [5.74, 6) is 0.577. The number of halogens is 1. The zero-order valence-electron chi connectivity index (χ0n) is 11.0. The lowest BCUT2D eigenvalue weighted by Gasteiger charge is -2.33. The standard InChI is InChI=1S/C15H19BrN2O/c16-14-3-1-2-11-6-9-18(10-13(11)14)15(19)12-4-7-17-8-5-12/h1-3,12,17H,4-10H2. The largest absolute Gasteiger partial charge is 0.338 e. The normalized spacial score (nSPS) is 20.2. The van der Waals surface area contributed by atoms with Gasteiger partial charge in [-0.1, -0.05) is 28.1 Å². The fraction of sp³-hybridized carbons (Fsp3) is 0.533. The monoisotopic (exact) mass is 322 g/mol. The Morgan fingerprint density at radius 1 is 1.32 bits per heavy atom. The van der Waals surface area contributed by atoms with E-state index in [4.69, 9.17) is 0 Å². The van der Waals surface area contributed by atoms with E-state index in [1.807, 2.05) is 4.90 Å². The first-order valence-electron chi connectivity index (χ1n) is 7.01. The van der Waals surface area contributed by atoms with Crippen LogP contribution < -0.4 is 5.32 Å². The number of fused-ring (bicyclic) bond motifs is 1. The second-order valence-electron chi connectivity index (χ2n) is 5.41. The van der Waals surface area contributed by atoms with Crippen molar-refractivity contribution in [3.8, 4) is 0 Å². The minimum atomic E-state index is 0.227. The van der Waals surface area contributed by atoms with Gasteiger partial charge in [-0.2, -0.15) is 0 Å². The Morgan fingerprint density at radius 2 is 2.11 bits per heavy atom. The highest BCUT2D eigenvalue weighted by Gasteiger charge is 2.28. The molecule has 1 aromatic rings. The molecule has 0 aliphatic carbocycles. The number of nitrogens with one attached hydrogen (secondary N) is 1. The highest BCUT2D eigenvalue weighted by atomic mass is 79.9. The smallest absolute Gasteiger partial charge is 0.226 e. The number of hydrogen-bond donors (Lipinski definition) is 1. The Kier molecular flexibility index (Phi) is 3.89. The minimum absolute atomic E-state index is 0.227. The van der Waals surface area contributed by atoms with Crippen molar-refractivity contribution >= 4 is 21.8 Å². The predicted molar refractivity (Wildman–Crippen MR) is 78.9 cm³/mol. The quantitative estimate of drug-likeness (QED) is 0.860. The highest BCUT2D eigenvalue weighted by Crippen LogP contribution is 2.28. The fourth-order valence-electron chi connectivity index (χ4n) is 3.06. The topological polar surface area (TPSA) is 32.3 Å². The molecule has 0 atom stereocenters. The maximum Gasteiger partial charge on any atom is 0.226 e. The van der Waals surface area contributed by atoms with E-state index in [1.54, 1.807) is 0 Å². The molecule has 0 saturated carbocycles. The average Bonchev–Trinajstić information content (AvgIpc) is 2.47. The zero-order chi connectivity index (χ0) is 13.2. The van der Waals surface area contributed by atoms with E-state index < -0.39 is 0 Å². The van der Waals surface area contributed by atoms with Crippen LogP contribution in [0.4, 0.5) is 0 Å². The summed E-state index contributed by atoms with van der Waals surface area (Å²) in [6.07, 6.45) is 2.95. The van der Waals surface area contributed by atoms with Gasteiger partial charge in [0.15, 0.2) is 0 Å². The van der Waals surface area contributed by atoms with Crippen LogP contribution in [-0.2, 0) is 17.8 Å². The zero-order valence-corrected chi connectivity index (χ0v) is 12.6. The summed E-state index contributed by atoms with van der Waals surface area (Å²) < 4.78 is 1.13. The molecule has 2 aliphatic rings. The summed E-state index contributed by atoms with van der Waals surface area (Å²) in [4.78, 5) is 14.6. The molecule has 1 N–H and O–H groups in total. The van der Waals surface area contributed by atoms with Crippen LogP contribution in [0.5, 0.6) is 0 Å². The first-order chi connectivity index (χ1) is 9.25. The van der Waals surface area contributed by atoms with Gasteiger partial charge in [0.05, 0.1) is 0 Å². The van der Waals surface area contributed by atoms with Crippen LogP contribution in [0.2, 0.25) is 0 Å². The van der Waals surface area contributed by atoms with Crippen molar-refractivity contribution in [2.75, 3.05) is 19.6 Å². The van der Waals surface area contributed by atoms with Gasteiger partial charge in [0.1, 0.15) is 0 Å². The lowest BCUT2D eigenvalue weighted by Crippen LogP contribution is -2.43. The van der Waals surface area contributed by atoms with Crippen molar-refractivity contribution in [2.24, 2.45) is 5.92 Å². The third-order valence-electron chi connectivity index (χ3n) is 4.22. The van der Waals surface area contributed by atoms with E-state index in [0.717, 1.165) is 49.9 Å². The summed E-state index contributed by atoms with van der Waals surface area (Å²) in [5, 5.41) is 3.32. The Hall–Kier alpha value is -0.870. The van der Waals surface area contributed by atoms with Gasteiger partial charge in [-0.25, -0.2) is 0 Å². The molecule has 0 bridgehead atoms. The van der Waals surface area contributed by atoms with Gasteiger partial charge in [-0.3, -0.25) is 4.79 Å². The molecule has 19 heavy (non-hydrogen) atoms. The van der Waals surface area contributed by atoms with Crippen molar-refractivity contribution < 1.29 is 4.79 Å². The highest BCUT2D eigenvalue weighted by molar-refractivity contribution is 9.10.